The number of nitrogens with two attached hydrogens (primary N) is 2. The standard InChI is InChI=1S/C12H30N3/c1-15(2,3)12(8-4-6-10-13)9-5-7-11-14/h12H,4-11,13-14H2,1-3H3/q+1. The minimum Gasteiger partial charge on any atom is -0.330 e. The van der Waals surface area contributed by atoms with Gasteiger partial charge in [-0.15, -0.1) is 0 Å². The molecule has 0 heterocycles. The van der Waals surface area contributed by atoms with Gasteiger partial charge in [-0.2, -0.15) is 0 Å². The highest BCUT2D eigenvalue weighted by Crippen LogP contribution is 2.17. The first kappa shape index (κ1) is 14.9. The third kappa shape index (κ3) is 7.77. The van der Waals surface area contributed by atoms with Gasteiger partial charge in [0.15, 0.2) is 0 Å². The van der Waals surface area contributed by atoms with E-state index >= 15 is 0 Å². The predicted molar refractivity (Wildman–Crippen MR) is 67.6 cm³/mol. The largest absolute Gasteiger partial charge is 0.330 e. The van der Waals surface area contributed by atoms with E-state index in [0.29, 0.717) is 0 Å². The molecule has 0 unspecified atom stereocenters. The number of quaternary nitrogens is 1. The van der Waals surface area contributed by atoms with Crippen LogP contribution in [0.5, 0.6) is 0 Å². The first-order chi connectivity index (χ1) is 7.02. The highest BCUT2D eigenvalue weighted by molar-refractivity contribution is 4.60. The lowest BCUT2D eigenvalue weighted by Crippen LogP contribution is -2.45. The summed E-state index contributed by atoms with van der Waals surface area (Å²) in [5.74, 6) is 0. The maximum atomic E-state index is 5.52. The summed E-state index contributed by atoms with van der Waals surface area (Å²) < 4.78 is 1.06. The predicted octanol–water partition coefficient (Wildman–Crippen LogP) is 1.32. The molecule has 0 aromatic rings. The Bertz CT molecular complexity index is 130. The summed E-state index contributed by atoms with van der Waals surface area (Å²) in [7, 11) is 6.86. The Labute approximate surface area is 95.4 Å². The molecule has 3 nitrogen and oxygen atoms in total. The van der Waals surface area contributed by atoms with Crippen molar-refractivity contribution in [3.8, 4) is 0 Å². The van der Waals surface area contributed by atoms with Gasteiger partial charge >= 0.3 is 0 Å². The van der Waals surface area contributed by atoms with Crippen LogP contribution in [0.4, 0.5) is 0 Å². The molecule has 0 aliphatic carbocycles. The SMILES string of the molecule is C[N+](C)(C)C(CCCCN)CCCCN. The number of unbranched alkanes of at least 4 members (excludes halogenated alkanes) is 2. The van der Waals surface area contributed by atoms with Gasteiger partial charge in [0.1, 0.15) is 0 Å². The van der Waals surface area contributed by atoms with Crippen molar-refractivity contribution in [1.82, 2.24) is 0 Å². The van der Waals surface area contributed by atoms with E-state index in [4.69, 9.17) is 11.5 Å². The molecule has 0 fully saturated rings. The zero-order valence-electron chi connectivity index (χ0n) is 10.8. The number of nitrogens with zero attached hydrogens (tertiary/aromatic N) is 1. The summed E-state index contributed by atoms with van der Waals surface area (Å²) in [6.07, 6.45) is 7.44. The van der Waals surface area contributed by atoms with Gasteiger partial charge in [-0.05, 0) is 51.6 Å². The summed E-state index contributed by atoms with van der Waals surface area (Å²) in [5.41, 5.74) is 11.0. The van der Waals surface area contributed by atoms with Gasteiger partial charge in [-0.25, -0.2) is 0 Å². The van der Waals surface area contributed by atoms with Crippen LogP contribution < -0.4 is 11.5 Å². The van der Waals surface area contributed by atoms with Crippen LogP contribution in [0.25, 0.3) is 0 Å². The minimum absolute atomic E-state index is 0.767. The molecule has 0 rings (SSSR count). The molecule has 0 atom stereocenters. The molecule has 0 amide bonds. The van der Waals surface area contributed by atoms with Crippen molar-refractivity contribution >= 4 is 0 Å². The van der Waals surface area contributed by atoms with Gasteiger partial charge in [-0.3, -0.25) is 0 Å². The summed E-state index contributed by atoms with van der Waals surface area (Å²) in [6.45, 7) is 1.65. The second-order valence-electron chi connectivity index (χ2n) is 5.34. The van der Waals surface area contributed by atoms with Crippen molar-refractivity contribution in [2.75, 3.05) is 34.2 Å². The molecule has 0 bridgehead atoms. The highest BCUT2D eigenvalue weighted by Gasteiger charge is 2.22. The van der Waals surface area contributed by atoms with Crippen LogP contribution in [0.3, 0.4) is 0 Å². The number of rotatable bonds is 9. The van der Waals surface area contributed by atoms with Crippen LogP contribution in [0.2, 0.25) is 0 Å². The van der Waals surface area contributed by atoms with Gasteiger partial charge in [0.2, 0.25) is 0 Å². The van der Waals surface area contributed by atoms with Crippen molar-refractivity contribution in [3.63, 3.8) is 0 Å². The molecule has 0 aliphatic heterocycles. The van der Waals surface area contributed by atoms with E-state index < -0.39 is 0 Å². The lowest BCUT2D eigenvalue weighted by molar-refractivity contribution is -0.896. The monoisotopic (exact) mass is 216 g/mol. The molecule has 0 aromatic heterocycles. The molecule has 0 radical (unpaired) electrons. The second-order valence-corrected chi connectivity index (χ2v) is 5.34. The Morgan fingerprint density at radius 2 is 1.20 bits per heavy atom. The average molecular weight is 216 g/mol. The van der Waals surface area contributed by atoms with Gasteiger partial charge < -0.3 is 16.0 Å². The minimum atomic E-state index is 0.767. The van der Waals surface area contributed by atoms with E-state index in [2.05, 4.69) is 21.1 Å². The van der Waals surface area contributed by atoms with Crippen molar-refractivity contribution in [2.45, 2.75) is 44.6 Å². The van der Waals surface area contributed by atoms with Gasteiger partial charge in [0, 0.05) is 0 Å². The molecule has 3 heteroatoms. The molecular formula is C12H30N3+. The Morgan fingerprint density at radius 1 is 0.800 bits per heavy atom. The third-order valence-corrected chi connectivity index (χ3v) is 3.08. The molecule has 0 aliphatic rings. The first-order valence-corrected chi connectivity index (χ1v) is 6.23. The molecule has 92 valence electrons. The molecular weight excluding hydrogens is 186 g/mol. The van der Waals surface area contributed by atoms with Crippen molar-refractivity contribution < 1.29 is 4.48 Å². The van der Waals surface area contributed by atoms with Crippen molar-refractivity contribution in [3.05, 3.63) is 0 Å². The molecule has 0 spiro atoms. The summed E-state index contributed by atoms with van der Waals surface area (Å²) in [4.78, 5) is 0. The van der Waals surface area contributed by atoms with Crippen LogP contribution in [0.1, 0.15) is 38.5 Å². The fourth-order valence-corrected chi connectivity index (χ4v) is 1.97. The zero-order chi connectivity index (χ0) is 11.7. The number of hydrogen-bond acceptors (Lipinski definition) is 2. The maximum absolute atomic E-state index is 5.52. The lowest BCUT2D eigenvalue weighted by atomic mass is 10.0. The maximum Gasteiger partial charge on any atom is 0.0884 e. The molecule has 4 N–H and O–H groups in total. The highest BCUT2D eigenvalue weighted by atomic mass is 15.3. The third-order valence-electron chi connectivity index (χ3n) is 3.08. The van der Waals surface area contributed by atoms with Crippen molar-refractivity contribution in [2.24, 2.45) is 11.5 Å². The van der Waals surface area contributed by atoms with E-state index in [9.17, 15) is 0 Å². The Morgan fingerprint density at radius 3 is 1.47 bits per heavy atom. The van der Waals surface area contributed by atoms with E-state index in [1.807, 2.05) is 0 Å². The molecule has 0 aromatic carbocycles. The van der Waals surface area contributed by atoms with Gasteiger partial charge in [0.05, 0.1) is 27.2 Å². The molecule has 15 heavy (non-hydrogen) atoms. The van der Waals surface area contributed by atoms with Gasteiger partial charge in [0.25, 0.3) is 0 Å². The normalized spacial score (nSPS) is 12.4. The first-order valence-electron chi connectivity index (χ1n) is 6.23. The van der Waals surface area contributed by atoms with Crippen LogP contribution in [0, 0.1) is 0 Å². The van der Waals surface area contributed by atoms with Crippen molar-refractivity contribution in [1.29, 1.82) is 0 Å². The Balaban J connectivity index is 3.85. The summed E-state index contributed by atoms with van der Waals surface area (Å²) >= 11 is 0. The fourth-order valence-electron chi connectivity index (χ4n) is 1.97. The van der Waals surface area contributed by atoms with Crippen LogP contribution in [-0.4, -0.2) is 44.8 Å². The van der Waals surface area contributed by atoms with Crippen LogP contribution in [0.15, 0.2) is 0 Å². The quantitative estimate of drug-likeness (QED) is 0.451. The Hall–Kier alpha value is -0.120. The fraction of sp³-hybridized carbons (Fsp3) is 1.00. The van der Waals surface area contributed by atoms with E-state index in [1.165, 1.54) is 25.7 Å². The summed E-state index contributed by atoms with van der Waals surface area (Å²) in [5, 5.41) is 0. The zero-order valence-corrected chi connectivity index (χ0v) is 10.8. The van der Waals surface area contributed by atoms with Gasteiger partial charge in [-0.1, -0.05) is 0 Å². The second kappa shape index (κ2) is 8.08. The smallest absolute Gasteiger partial charge is 0.0884 e. The van der Waals surface area contributed by atoms with E-state index in [-0.39, 0.29) is 0 Å². The summed E-state index contributed by atoms with van der Waals surface area (Å²) in [6, 6.07) is 0.767. The van der Waals surface area contributed by atoms with E-state index in [1.54, 1.807) is 0 Å². The Kier molecular flexibility index (Phi) is 8.02. The average Bonchev–Trinajstić information content (AvgIpc) is 2.14. The van der Waals surface area contributed by atoms with Crippen LogP contribution in [-0.2, 0) is 0 Å². The molecule has 0 saturated carbocycles. The van der Waals surface area contributed by atoms with Crippen LogP contribution >= 0.6 is 0 Å². The lowest BCUT2D eigenvalue weighted by Gasteiger charge is -2.34. The van der Waals surface area contributed by atoms with E-state index in [0.717, 1.165) is 36.5 Å². The topological polar surface area (TPSA) is 52.0 Å². The molecule has 0 saturated heterocycles. The number of hydrogen-bond donors (Lipinski definition) is 2.